The third-order valence-electron chi connectivity index (χ3n) is 3.20. The normalized spacial score (nSPS) is 11.5. The molecule has 1 N–H and O–H groups in total. The number of hydrogen-bond acceptors (Lipinski definition) is 7. The van der Waals surface area contributed by atoms with Crippen LogP contribution >= 0.6 is 11.3 Å². The second-order valence-electron chi connectivity index (χ2n) is 4.83. The standard InChI is InChI=1S/C15H11F3N4O2S/c1-2-24-14(23)9-6-25-13-11(9)12(20-7-21-13)22-10-4-3-8(5-19-10)15(16,17)18/h3-7H,2H2,1H3,(H,19,20,21,22). The molecule has 0 saturated heterocycles. The second-order valence-corrected chi connectivity index (χ2v) is 5.69. The van der Waals surface area contributed by atoms with Gasteiger partial charge in [-0.1, -0.05) is 0 Å². The van der Waals surface area contributed by atoms with Crippen molar-refractivity contribution >= 4 is 39.2 Å². The van der Waals surface area contributed by atoms with Gasteiger partial charge in [-0.3, -0.25) is 0 Å². The molecular formula is C15H11F3N4O2S. The highest BCUT2D eigenvalue weighted by molar-refractivity contribution is 7.17. The van der Waals surface area contributed by atoms with Crippen molar-refractivity contribution in [1.29, 1.82) is 0 Å². The summed E-state index contributed by atoms with van der Waals surface area (Å²) in [5, 5.41) is 4.86. The number of pyridine rings is 1. The van der Waals surface area contributed by atoms with Crippen molar-refractivity contribution in [3.63, 3.8) is 0 Å². The van der Waals surface area contributed by atoms with Gasteiger partial charge in [0.05, 0.1) is 23.1 Å². The lowest BCUT2D eigenvalue weighted by Gasteiger charge is -2.09. The summed E-state index contributed by atoms with van der Waals surface area (Å²) in [4.78, 5) is 24.5. The smallest absolute Gasteiger partial charge is 0.417 e. The van der Waals surface area contributed by atoms with Crippen molar-refractivity contribution < 1.29 is 22.7 Å². The molecule has 0 aromatic carbocycles. The van der Waals surface area contributed by atoms with Gasteiger partial charge in [0.2, 0.25) is 0 Å². The number of alkyl halides is 3. The molecule has 6 nitrogen and oxygen atoms in total. The first-order chi connectivity index (χ1) is 11.9. The quantitative estimate of drug-likeness (QED) is 0.701. The van der Waals surface area contributed by atoms with E-state index in [2.05, 4.69) is 20.3 Å². The molecule has 0 spiro atoms. The lowest BCUT2D eigenvalue weighted by molar-refractivity contribution is -0.137. The van der Waals surface area contributed by atoms with Crippen molar-refractivity contribution in [2.24, 2.45) is 0 Å². The number of ether oxygens (including phenoxy) is 1. The average Bonchev–Trinajstić information content (AvgIpc) is 3.00. The molecule has 0 radical (unpaired) electrons. The number of nitrogens with one attached hydrogen (secondary N) is 1. The van der Waals surface area contributed by atoms with Crippen molar-refractivity contribution in [3.05, 3.63) is 41.2 Å². The molecule has 3 heterocycles. The van der Waals surface area contributed by atoms with Crippen LogP contribution < -0.4 is 5.32 Å². The number of hydrogen-bond donors (Lipinski definition) is 1. The van der Waals surface area contributed by atoms with Gasteiger partial charge in [-0.2, -0.15) is 13.2 Å². The van der Waals surface area contributed by atoms with Gasteiger partial charge in [-0.05, 0) is 19.1 Å². The summed E-state index contributed by atoms with van der Waals surface area (Å²) >= 11 is 1.24. The molecule has 0 saturated carbocycles. The van der Waals surface area contributed by atoms with Crippen LogP contribution in [0.1, 0.15) is 22.8 Å². The van der Waals surface area contributed by atoms with Crippen molar-refractivity contribution in [2.45, 2.75) is 13.1 Å². The summed E-state index contributed by atoms with van der Waals surface area (Å²) < 4.78 is 42.8. The topological polar surface area (TPSA) is 77.0 Å². The van der Waals surface area contributed by atoms with Gasteiger partial charge in [0, 0.05) is 11.6 Å². The minimum atomic E-state index is -4.46. The Bertz CT molecular complexity index is 909. The zero-order valence-electron chi connectivity index (χ0n) is 12.8. The first kappa shape index (κ1) is 17.1. The van der Waals surface area contributed by atoms with Gasteiger partial charge < -0.3 is 10.1 Å². The predicted molar refractivity (Wildman–Crippen MR) is 85.9 cm³/mol. The zero-order valence-corrected chi connectivity index (χ0v) is 13.6. The Morgan fingerprint density at radius 2 is 2.08 bits per heavy atom. The van der Waals surface area contributed by atoms with Crippen molar-refractivity contribution in [1.82, 2.24) is 15.0 Å². The van der Waals surface area contributed by atoms with Crippen LogP contribution in [0.3, 0.4) is 0 Å². The van der Waals surface area contributed by atoms with Crippen LogP contribution in [0, 0.1) is 0 Å². The van der Waals surface area contributed by atoms with Gasteiger partial charge >= 0.3 is 12.1 Å². The molecule has 0 fully saturated rings. The van der Waals surface area contributed by atoms with Gasteiger partial charge in [0.25, 0.3) is 0 Å². The van der Waals surface area contributed by atoms with E-state index in [1.54, 1.807) is 12.3 Å². The first-order valence-corrected chi connectivity index (χ1v) is 7.97. The van der Waals surface area contributed by atoms with E-state index in [0.29, 0.717) is 10.2 Å². The Labute approximate surface area is 143 Å². The summed E-state index contributed by atoms with van der Waals surface area (Å²) in [6.45, 7) is 1.90. The highest BCUT2D eigenvalue weighted by atomic mass is 32.1. The molecule has 0 atom stereocenters. The maximum Gasteiger partial charge on any atom is 0.417 e. The lowest BCUT2D eigenvalue weighted by atomic mass is 10.2. The van der Waals surface area contributed by atoms with E-state index in [4.69, 9.17) is 4.74 Å². The third kappa shape index (κ3) is 3.53. The van der Waals surface area contributed by atoms with E-state index in [-0.39, 0.29) is 23.8 Å². The Balaban J connectivity index is 1.96. The fraction of sp³-hybridized carbons (Fsp3) is 0.200. The van der Waals surface area contributed by atoms with E-state index >= 15 is 0 Å². The molecule has 3 aromatic heterocycles. The van der Waals surface area contributed by atoms with Crippen molar-refractivity contribution in [3.8, 4) is 0 Å². The Morgan fingerprint density at radius 3 is 2.72 bits per heavy atom. The molecule has 10 heteroatoms. The number of anilines is 2. The van der Waals surface area contributed by atoms with Gasteiger partial charge in [0.15, 0.2) is 0 Å². The molecule has 25 heavy (non-hydrogen) atoms. The minimum absolute atomic E-state index is 0.161. The summed E-state index contributed by atoms with van der Waals surface area (Å²) in [6.07, 6.45) is -2.45. The minimum Gasteiger partial charge on any atom is -0.462 e. The summed E-state index contributed by atoms with van der Waals surface area (Å²) in [6, 6.07) is 2.10. The number of aromatic nitrogens is 3. The van der Waals surface area contributed by atoms with Crippen LogP contribution in [0.4, 0.5) is 24.8 Å². The molecule has 0 aliphatic heterocycles. The van der Waals surface area contributed by atoms with Gasteiger partial charge in [0.1, 0.15) is 22.8 Å². The molecule has 0 amide bonds. The largest absolute Gasteiger partial charge is 0.462 e. The number of carbonyl (C=O) groups is 1. The van der Waals surface area contributed by atoms with Crippen LogP contribution in [0.25, 0.3) is 10.2 Å². The maximum atomic E-state index is 12.6. The van der Waals surface area contributed by atoms with Crippen LogP contribution in [0.5, 0.6) is 0 Å². The van der Waals surface area contributed by atoms with E-state index < -0.39 is 17.7 Å². The Hall–Kier alpha value is -2.75. The van der Waals surface area contributed by atoms with E-state index in [9.17, 15) is 18.0 Å². The van der Waals surface area contributed by atoms with Crippen LogP contribution in [-0.4, -0.2) is 27.5 Å². The third-order valence-corrected chi connectivity index (χ3v) is 4.09. The van der Waals surface area contributed by atoms with Crippen LogP contribution in [0.15, 0.2) is 30.0 Å². The number of halogens is 3. The van der Waals surface area contributed by atoms with Crippen molar-refractivity contribution in [2.75, 3.05) is 11.9 Å². The summed E-state index contributed by atoms with van der Waals surface area (Å²) in [5.41, 5.74) is -0.564. The van der Waals surface area contributed by atoms with Gasteiger partial charge in [-0.15, -0.1) is 11.3 Å². The van der Waals surface area contributed by atoms with Gasteiger partial charge in [-0.25, -0.2) is 19.7 Å². The number of esters is 1. The number of carbonyl (C=O) groups excluding carboxylic acids is 1. The van der Waals surface area contributed by atoms with E-state index in [1.165, 1.54) is 23.7 Å². The molecule has 3 aromatic rings. The zero-order chi connectivity index (χ0) is 18.0. The first-order valence-electron chi connectivity index (χ1n) is 7.09. The van der Waals surface area contributed by atoms with Crippen LogP contribution in [-0.2, 0) is 10.9 Å². The summed E-state index contributed by atoms with van der Waals surface area (Å²) in [5.74, 6) is -0.0949. The number of thiophene rings is 1. The maximum absolute atomic E-state index is 12.6. The van der Waals surface area contributed by atoms with E-state index in [0.717, 1.165) is 12.3 Å². The number of nitrogens with zero attached hydrogens (tertiary/aromatic N) is 3. The van der Waals surface area contributed by atoms with Crippen LogP contribution in [0.2, 0.25) is 0 Å². The number of rotatable bonds is 4. The number of fused-ring (bicyclic) bond motifs is 1. The summed E-state index contributed by atoms with van der Waals surface area (Å²) in [7, 11) is 0. The molecule has 0 aliphatic carbocycles. The fourth-order valence-electron chi connectivity index (χ4n) is 2.09. The molecule has 130 valence electrons. The molecule has 3 rings (SSSR count). The SMILES string of the molecule is CCOC(=O)c1csc2ncnc(Nc3ccc(C(F)(F)F)cn3)c12. The molecule has 0 unspecified atom stereocenters. The average molecular weight is 368 g/mol. The Morgan fingerprint density at radius 1 is 1.28 bits per heavy atom. The fourth-order valence-corrected chi connectivity index (χ4v) is 2.96. The highest BCUT2D eigenvalue weighted by Gasteiger charge is 2.30. The monoisotopic (exact) mass is 368 g/mol. The predicted octanol–water partition coefficient (Wildman–Crippen LogP) is 4.03. The second kappa shape index (κ2) is 6.63. The Kier molecular flexibility index (Phi) is 4.53. The highest BCUT2D eigenvalue weighted by Crippen LogP contribution is 2.32. The molecule has 0 aliphatic rings. The lowest BCUT2D eigenvalue weighted by Crippen LogP contribution is -2.07. The molecular weight excluding hydrogens is 357 g/mol. The molecule has 0 bridgehead atoms. The van der Waals surface area contributed by atoms with E-state index in [1.807, 2.05) is 0 Å².